The normalized spacial score (nSPS) is 13.5. The van der Waals surface area contributed by atoms with Gasteiger partial charge in [-0.15, -0.1) is 0 Å². The van der Waals surface area contributed by atoms with Gasteiger partial charge in [-0.05, 0) is 23.8 Å². The molecular formula is C14H11N3O2. The number of carbonyl (C=O) groups excluding carboxylic acids is 2. The Balaban J connectivity index is 2.06. The van der Waals surface area contributed by atoms with E-state index in [9.17, 15) is 9.59 Å². The minimum atomic E-state index is 0.0865. The maximum atomic E-state index is 11.6. The summed E-state index contributed by atoms with van der Waals surface area (Å²) in [6.45, 7) is 0. The van der Waals surface area contributed by atoms with Gasteiger partial charge in [0.1, 0.15) is 12.0 Å². The van der Waals surface area contributed by atoms with Crippen molar-refractivity contribution in [2.24, 2.45) is 0 Å². The Bertz CT molecular complexity index is 682. The lowest BCUT2D eigenvalue weighted by Gasteiger charge is -2.10. The first-order valence-corrected chi connectivity index (χ1v) is 5.86. The number of amides is 1. The van der Waals surface area contributed by atoms with Crippen LogP contribution in [0.4, 0.5) is 5.69 Å². The summed E-state index contributed by atoms with van der Waals surface area (Å²) in [4.78, 5) is 32.0. The first-order valence-electron chi connectivity index (χ1n) is 5.86. The van der Waals surface area contributed by atoms with Crippen LogP contribution in [0.3, 0.4) is 0 Å². The summed E-state index contributed by atoms with van der Waals surface area (Å²) < 4.78 is 0. The van der Waals surface area contributed by atoms with Crippen molar-refractivity contribution >= 4 is 17.9 Å². The zero-order valence-corrected chi connectivity index (χ0v) is 10.3. The number of benzene rings is 1. The van der Waals surface area contributed by atoms with Gasteiger partial charge < -0.3 is 4.90 Å². The summed E-state index contributed by atoms with van der Waals surface area (Å²) in [5.74, 6) is 0.0865. The van der Waals surface area contributed by atoms with Gasteiger partial charge >= 0.3 is 0 Å². The summed E-state index contributed by atoms with van der Waals surface area (Å²) in [6, 6.07) is 7.37. The van der Waals surface area contributed by atoms with Gasteiger partial charge in [-0.1, -0.05) is 6.07 Å². The number of rotatable bonds is 2. The van der Waals surface area contributed by atoms with Gasteiger partial charge in [-0.25, -0.2) is 9.97 Å². The minimum Gasteiger partial charge on any atom is -0.315 e. The highest BCUT2D eigenvalue weighted by atomic mass is 16.2. The zero-order valence-electron chi connectivity index (χ0n) is 10.3. The van der Waals surface area contributed by atoms with Crippen molar-refractivity contribution in [3.05, 3.63) is 41.9 Å². The molecule has 0 unspecified atom stereocenters. The second kappa shape index (κ2) is 4.28. The van der Waals surface area contributed by atoms with E-state index in [2.05, 4.69) is 9.97 Å². The smallest absolute Gasteiger partial charge is 0.231 e. The van der Waals surface area contributed by atoms with E-state index in [1.807, 2.05) is 18.2 Å². The number of likely N-dealkylation sites (N-methyl/N-ethyl adjacent to an activating group) is 1. The molecule has 5 nitrogen and oxygen atoms in total. The highest BCUT2D eigenvalue weighted by molar-refractivity contribution is 6.01. The first kappa shape index (κ1) is 11.5. The molecule has 5 heteroatoms. The van der Waals surface area contributed by atoms with E-state index in [1.165, 1.54) is 6.33 Å². The van der Waals surface area contributed by atoms with E-state index in [0.717, 1.165) is 16.8 Å². The van der Waals surface area contributed by atoms with Crippen LogP contribution in [0.1, 0.15) is 16.1 Å². The molecule has 0 spiro atoms. The monoisotopic (exact) mass is 253 g/mol. The standard InChI is InChI=1S/C14H11N3O2/c1-17-13-3-2-9(4-10(13)5-14(17)19)12-6-11(7-18)15-8-16-12/h2-4,6-8H,5H2,1H3. The van der Waals surface area contributed by atoms with E-state index >= 15 is 0 Å². The molecule has 0 fully saturated rings. The Morgan fingerprint density at radius 1 is 1.26 bits per heavy atom. The lowest BCUT2D eigenvalue weighted by atomic mass is 10.1. The van der Waals surface area contributed by atoms with E-state index in [-0.39, 0.29) is 5.91 Å². The van der Waals surface area contributed by atoms with Crippen LogP contribution >= 0.6 is 0 Å². The van der Waals surface area contributed by atoms with Crippen molar-refractivity contribution in [1.82, 2.24) is 9.97 Å². The van der Waals surface area contributed by atoms with Crippen LogP contribution in [0.5, 0.6) is 0 Å². The van der Waals surface area contributed by atoms with Crippen LogP contribution in [-0.4, -0.2) is 29.2 Å². The van der Waals surface area contributed by atoms with E-state index in [0.29, 0.717) is 24.1 Å². The first-order chi connectivity index (χ1) is 9.19. The third-order valence-electron chi connectivity index (χ3n) is 3.26. The maximum absolute atomic E-state index is 11.6. The fraction of sp³-hybridized carbons (Fsp3) is 0.143. The van der Waals surface area contributed by atoms with Crippen LogP contribution in [0.25, 0.3) is 11.3 Å². The van der Waals surface area contributed by atoms with Crippen LogP contribution < -0.4 is 4.90 Å². The Labute approximate surface area is 109 Å². The van der Waals surface area contributed by atoms with Gasteiger partial charge in [0, 0.05) is 18.3 Å². The van der Waals surface area contributed by atoms with Gasteiger partial charge in [0.2, 0.25) is 5.91 Å². The number of aromatic nitrogens is 2. The summed E-state index contributed by atoms with van der Waals surface area (Å²) in [7, 11) is 1.77. The predicted octanol–water partition coefficient (Wildman–Crippen LogP) is 1.47. The SMILES string of the molecule is CN1C(=O)Cc2cc(-c3cc(C=O)ncn3)ccc21. The molecule has 2 aromatic rings. The molecular weight excluding hydrogens is 242 g/mol. The average molecular weight is 253 g/mol. The summed E-state index contributed by atoms with van der Waals surface area (Å²) in [6.07, 6.45) is 2.46. The van der Waals surface area contributed by atoms with Crippen LogP contribution in [-0.2, 0) is 11.2 Å². The molecule has 3 rings (SSSR count). The molecule has 0 bridgehead atoms. The van der Waals surface area contributed by atoms with Crippen molar-refractivity contribution in [3.8, 4) is 11.3 Å². The Kier molecular flexibility index (Phi) is 2.59. The molecule has 1 amide bonds. The highest BCUT2D eigenvalue weighted by Gasteiger charge is 2.24. The van der Waals surface area contributed by atoms with Crippen molar-refractivity contribution in [3.63, 3.8) is 0 Å². The largest absolute Gasteiger partial charge is 0.315 e. The summed E-state index contributed by atoms with van der Waals surface area (Å²) in [5.41, 5.74) is 3.82. The molecule has 2 heterocycles. The molecule has 0 N–H and O–H groups in total. The van der Waals surface area contributed by atoms with Gasteiger partial charge in [0.25, 0.3) is 0 Å². The van der Waals surface area contributed by atoms with Gasteiger partial charge in [-0.2, -0.15) is 0 Å². The van der Waals surface area contributed by atoms with E-state index in [4.69, 9.17) is 0 Å². The van der Waals surface area contributed by atoms with Crippen molar-refractivity contribution < 1.29 is 9.59 Å². The molecule has 1 aromatic carbocycles. The molecule has 0 saturated heterocycles. The third kappa shape index (κ3) is 1.89. The lowest BCUT2D eigenvalue weighted by Crippen LogP contribution is -2.20. The van der Waals surface area contributed by atoms with Crippen LogP contribution in [0.15, 0.2) is 30.6 Å². The Morgan fingerprint density at radius 2 is 2.11 bits per heavy atom. The molecule has 1 aliphatic rings. The van der Waals surface area contributed by atoms with Gasteiger partial charge in [-0.3, -0.25) is 9.59 Å². The molecule has 0 aliphatic carbocycles. The molecule has 0 radical (unpaired) electrons. The maximum Gasteiger partial charge on any atom is 0.231 e. The quantitative estimate of drug-likeness (QED) is 0.760. The summed E-state index contributed by atoms with van der Waals surface area (Å²) in [5, 5.41) is 0. The average Bonchev–Trinajstić information content (AvgIpc) is 2.73. The van der Waals surface area contributed by atoms with Gasteiger partial charge in [0.15, 0.2) is 6.29 Å². The fourth-order valence-electron chi connectivity index (χ4n) is 2.22. The molecule has 1 aromatic heterocycles. The number of hydrogen-bond donors (Lipinski definition) is 0. The third-order valence-corrected chi connectivity index (χ3v) is 3.26. The van der Waals surface area contributed by atoms with Crippen LogP contribution in [0, 0.1) is 0 Å². The second-order valence-corrected chi connectivity index (χ2v) is 4.42. The number of hydrogen-bond acceptors (Lipinski definition) is 4. The highest BCUT2D eigenvalue weighted by Crippen LogP contribution is 2.31. The predicted molar refractivity (Wildman–Crippen MR) is 70.0 cm³/mol. The molecule has 1 aliphatic heterocycles. The topological polar surface area (TPSA) is 63.2 Å². The molecule has 19 heavy (non-hydrogen) atoms. The molecule has 94 valence electrons. The molecule has 0 saturated carbocycles. The zero-order chi connectivity index (χ0) is 13.4. The lowest BCUT2D eigenvalue weighted by molar-refractivity contribution is -0.117. The number of nitrogens with zero attached hydrogens (tertiary/aromatic N) is 3. The Hall–Kier alpha value is -2.56. The second-order valence-electron chi connectivity index (χ2n) is 4.42. The van der Waals surface area contributed by atoms with Gasteiger partial charge in [0.05, 0.1) is 12.1 Å². The minimum absolute atomic E-state index is 0.0865. The van der Waals surface area contributed by atoms with E-state index < -0.39 is 0 Å². The summed E-state index contributed by atoms with van der Waals surface area (Å²) >= 11 is 0. The van der Waals surface area contributed by atoms with Crippen LogP contribution in [0.2, 0.25) is 0 Å². The fourth-order valence-corrected chi connectivity index (χ4v) is 2.22. The number of anilines is 1. The Morgan fingerprint density at radius 3 is 2.89 bits per heavy atom. The van der Waals surface area contributed by atoms with Crippen molar-refractivity contribution in [1.29, 1.82) is 0 Å². The number of aldehydes is 1. The van der Waals surface area contributed by atoms with Crippen molar-refractivity contribution in [2.75, 3.05) is 11.9 Å². The van der Waals surface area contributed by atoms with Crippen molar-refractivity contribution in [2.45, 2.75) is 6.42 Å². The number of fused-ring (bicyclic) bond motifs is 1. The van der Waals surface area contributed by atoms with E-state index in [1.54, 1.807) is 18.0 Å². The molecule has 0 atom stereocenters. The number of carbonyl (C=O) groups is 2.